The molecule has 1 aliphatic heterocycles. The molecule has 0 spiro atoms. The first-order chi connectivity index (χ1) is 11.5. The average molecular weight is 364 g/mol. The summed E-state index contributed by atoms with van der Waals surface area (Å²) >= 11 is 1.19. The molecule has 2 aromatic rings. The third kappa shape index (κ3) is 3.26. The molecule has 1 heterocycles. The van der Waals surface area contributed by atoms with Gasteiger partial charge in [-0.05, 0) is 24.3 Å². The first-order valence-electron chi connectivity index (χ1n) is 7.16. The third-order valence-electron chi connectivity index (χ3n) is 3.45. The largest absolute Gasteiger partial charge is 0.495 e. The molecule has 0 amide bonds. The van der Waals surface area contributed by atoms with Crippen LogP contribution in [0.5, 0.6) is 5.75 Å². The maximum Gasteiger partial charge on any atom is 0.284 e. The van der Waals surface area contributed by atoms with Gasteiger partial charge in [-0.15, -0.1) is 4.40 Å². The standard InChI is InChI=1S/C16H16N2O4S2/c1-22-14-10-6-5-9-13(14)18-15(19)11-23-16(18)17-24(20,21)12-7-3-2-4-8-12/h2-10,15,19H,11H2,1H3/b17-16+. The number of ether oxygens (including phenoxy) is 1. The Bertz CT molecular complexity index is 853. The molecule has 24 heavy (non-hydrogen) atoms. The Labute approximate surface area is 144 Å². The Morgan fingerprint density at radius 3 is 2.54 bits per heavy atom. The van der Waals surface area contributed by atoms with Crippen molar-refractivity contribution in [3.05, 3.63) is 54.6 Å². The molecule has 1 fully saturated rings. The van der Waals surface area contributed by atoms with E-state index in [2.05, 4.69) is 4.40 Å². The van der Waals surface area contributed by atoms with Crippen LogP contribution in [0.15, 0.2) is 63.9 Å². The van der Waals surface area contributed by atoms with E-state index in [9.17, 15) is 13.5 Å². The molecule has 1 aliphatic rings. The highest BCUT2D eigenvalue weighted by Crippen LogP contribution is 2.36. The van der Waals surface area contributed by atoms with Crippen LogP contribution in [-0.2, 0) is 10.0 Å². The minimum Gasteiger partial charge on any atom is -0.495 e. The first kappa shape index (κ1) is 16.8. The van der Waals surface area contributed by atoms with E-state index in [0.29, 0.717) is 17.2 Å². The quantitative estimate of drug-likeness (QED) is 0.897. The van der Waals surface area contributed by atoms with Gasteiger partial charge < -0.3 is 9.84 Å². The highest BCUT2D eigenvalue weighted by molar-refractivity contribution is 8.15. The summed E-state index contributed by atoms with van der Waals surface area (Å²) in [5, 5.41) is 10.5. The minimum atomic E-state index is -3.85. The number of para-hydroxylation sites is 2. The van der Waals surface area contributed by atoms with Crippen molar-refractivity contribution < 1.29 is 18.3 Å². The van der Waals surface area contributed by atoms with Gasteiger partial charge in [-0.25, -0.2) is 0 Å². The van der Waals surface area contributed by atoms with Crippen LogP contribution in [0.25, 0.3) is 0 Å². The number of aliphatic hydroxyl groups is 1. The van der Waals surface area contributed by atoms with Crippen molar-refractivity contribution >= 4 is 32.6 Å². The Morgan fingerprint density at radius 2 is 1.83 bits per heavy atom. The van der Waals surface area contributed by atoms with Gasteiger partial charge in [-0.1, -0.05) is 42.1 Å². The van der Waals surface area contributed by atoms with Crippen molar-refractivity contribution in [1.82, 2.24) is 0 Å². The van der Waals surface area contributed by atoms with E-state index < -0.39 is 16.3 Å². The molecule has 0 aliphatic carbocycles. The molecule has 1 unspecified atom stereocenters. The second-order valence-electron chi connectivity index (χ2n) is 5.00. The normalized spacial score (nSPS) is 19.7. The molecule has 1 N–H and O–H groups in total. The van der Waals surface area contributed by atoms with Crippen LogP contribution in [0.2, 0.25) is 0 Å². The average Bonchev–Trinajstić information content (AvgIpc) is 2.95. The number of rotatable bonds is 4. The van der Waals surface area contributed by atoms with Crippen molar-refractivity contribution in [1.29, 1.82) is 0 Å². The van der Waals surface area contributed by atoms with E-state index in [4.69, 9.17) is 4.74 Å². The summed E-state index contributed by atoms with van der Waals surface area (Å²) in [7, 11) is -2.33. The van der Waals surface area contributed by atoms with Crippen molar-refractivity contribution in [3.8, 4) is 5.75 Å². The molecule has 0 bridgehead atoms. The van der Waals surface area contributed by atoms with Gasteiger partial charge in [0.15, 0.2) is 5.17 Å². The predicted octanol–water partition coefficient (Wildman–Crippen LogP) is 2.31. The number of amidine groups is 1. The van der Waals surface area contributed by atoms with Crippen LogP contribution in [0, 0.1) is 0 Å². The topological polar surface area (TPSA) is 79.2 Å². The summed E-state index contributed by atoms with van der Waals surface area (Å²) in [6.45, 7) is 0. The summed E-state index contributed by atoms with van der Waals surface area (Å²) in [5.74, 6) is 0.852. The van der Waals surface area contributed by atoms with Crippen LogP contribution in [0.3, 0.4) is 0 Å². The zero-order valence-corrected chi connectivity index (χ0v) is 14.5. The van der Waals surface area contributed by atoms with Gasteiger partial charge in [0.25, 0.3) is 10.0 Å². The molecule has 1 atom stereocenters. The van der Waals surface area contributed by atoms with Crippen LogP contribution in [0.4, 0.5) is 5.69 Å². The smallest absolute Gasteiger partial charge is 0.284 e. The fourth-order valence-electron chi connectivity index (χ4n) is 2.33. The van der Waals surface area contributed by atoms with Gasteiger partial charge in [0.05, 0.1) is 17.7 Å². The molecule has 8 heteroatoms. The lowest BCUT2D eigenvalue weighted by Crippen LogP contribution is -2.34. The SMILES string of the molecule is COc1ccccc1N1/C(=N\S(=O)(=O)c2ccccc2)SCC1O. The Morgan fingerprint density at radius 1 is 1.17 bits per heavy atom. The minimum absolute atomic E-state index is 0.111. The number of hydrogen-bond acceptors (Lipinski definition) is 5. The van der Waals surface area contributed by atoms with Crippen LogP contribution in [-0.4, -0.2) is 37.8 Å². The van der Waals surface area contributed by atoms with Gasteiger partial charge >= 0.3 is 0 Å². The van der Waals surface area contributed by atoms with E-state index in [1.165, 1.54) is 35.9 Å². The van der Waals surface area contributed by atoms with E-state index in [1.807, 2.05) is 0 Å². The molecule has 2 aromatic carbocycles. The van der Waals surface area contributed by atoms with Crippen LogP contribution < -0.4 is 9.64 Å². The van der Waals surface area contributed by atoms with Crippen LogP contribution >= 0.6 is 11.8 Å². The zero-order valence-electron chi connectivity index (χ0n) is 12.9. The van der Waals surface area contributed by atoms with Gasteiger partial charge in [0, 0.05) is 5.75 Å². The summed E-state index contributed by atoms with van der Waals surface area (Å²) in [6, 6.07) is 15.1. The molecule has 6 nitrogen and oxygen atoms in total. The fourth-order valence-corrected chi connectivity index (χ4v) is 4.54. The highest BCUT2D eigenvalue weighted by Gasteiger charge is 2.33. The molecule has 0 radical (unpaired) electrons. The van der Waals surface area contributed by atoms with Gasteiger partial charge in [-0.2, -0.15) is 8.42 Å². The number of benzene rings is 2. The van der Waals surface area contributed by atoms with Crippen molar-refractivity contribution in [2.75, 3.05) is 17.8 Å². The number of sulfonamides is 1. The fraction of sp³-hybridized carbons (Fsp3) is 0.188. The number of methoxy groups -OCH3 is 1. The molecule has 126 valence electrons. The highest BCUT2D eigenvalue weighted by atomic mass is 32.2. The lowest BCUT2D eigenvalue weighted by atomic mass is 10.2. The van der Waals surface area contributed by atoms with E-state index >= 15 is 0 Å². The number of nitrogens with zero attached hydrogens (tertiary/aromatic N) is 2. The Balaban J connectivity index is 2.04. The van der Waals surface area contributed by atoms with Gasteiger partial charge in [0.2, 0.25) is 0 Å². The molecular formula is C16H16N2O4S2. The summed E-state index contributed by atoms with van der Waals surface area (Å²) in [4.78, 5) is 1.59. The Kier molecular flexibility index (Phi) is 4.79. The van der Waals surface area contributed by atoms with Gasteiger partial charge in [-0.3, -0.25) is 4.90 Å². The van der Waals surface area contributed by atoms with E-state index in [1.54, 1.807) is 42.5 Å². The zero-order chi connectivity index (χ0) is 17.2. The number of aliphatic hydroxyl groups excluding tert-OH is 1. The maximum absolute atomic E-state index is 12.5. The summed E-state index contributed by atoms with van der Waals surface area (Å²) < 4.78 is 34.2. The maximum atomic E-state index is 12.5. The second kappa shape index (κ2) is 6.84. The van der Waals surface area contributed by atoms with E-state index in [0.717, 1.165) is 0 Å². The second-order valence-corrected chi connectivity index (χ2v) is 7.59. The monoisotopic (exact) mass is 364 g/mol. The van der Waals surface area contributed by atoms with Gasteiger partial charge in [0.1, 0.15) is 12.0 Å². The first-order valence-corrected chi connectivity index (χ1v) is 9.58. The number of thioether (sulfide) groups is 1. The van der Waals surface area contributed by atoms with E-state index in [-0.39, 0.29) is 10.1 Å². The number of hydrogen-bond donors (Lipinski definition) is 1. The number of anilines is 1. The molecule has 0 aromatic heterocycles. The van der Waals surface area contributed by atoms with Crippen molar-refractivity contribution in [2.45, 2.75) is 11.1 Å². The molecular weight excluding hydrogens is 348 g/mol. The van der Waals surface area contributed by atoms with Crippen molar-refractivity contribution in [2.24, 2.45) is 4.40 Å². The van der Waals surface area contributed by atoms with Crippen LogP contribution in [0.1, 0.15) is 0 Å². The third-order valence-corrected chi connectivity index (χ3v) is 5.86. The van der Waals surface area contributed by atoms with Crippen molar-refractivity contribution in [3.63, 3.8) is 0 Å². The predicted molar refractivity (Wildman–Crippen MR) is 95.0 cm³/mol. The Hall–Kier alpha value is -2.03. The molecule has 1 saturated heterocycles. The molecule has 3 rings (SSSR count). The lowest BCUT2D eigenvalue weighted by molar-refractivity contribution is 0.212. The molecule has 0 saturated carbocycles. The lowest BCUT2D eigenvalue weighted by Gasteiger charge is -2.23. The summed E-state index contributed by atoms with van der Waals surface area (Å²) in [5.41, 5.74) is 0.569. The summed E-state index contributed by atoms with van der Waals surface area (Å²) in [6.07, 6.45) is -0.879.